The van der Waals surface area contributed by atoms with Crippen molar-refractivity contribution in [3.8, 4) is 0 Å². The molecule has 5 rings (SSSR count). The molecule has 2 heterocycles. The Kier molecular flexibility index (Phi) is 1.95. The minimum atomic E-state index is -0.301. The Morgan fingerprint density at radius 2 is 2.10 bits per heavy atom. The van der Waals surface area contributed by atoms with Crippen molar-refractivity contribution in [3.63, 3.8) is 0 Å². The van der Waals surface area contributed by atoms with Gasteiger partial charge in [0, 0.05) is 18.4 Å². The molecular formula is C15H19N3O2. The smallest absolute Gasteiger partial charge is 0.248 e. The van der Waals surface area contributed by atoms with Gasteiger partial charge in [0.05, 0.1) is 5.92 Å². The van der Waals surface area contributed by atoms with Crippen LogP contribution in [-0.2, 0) is 9.59 Å². The van der Waals surface area contributed by atoms with Crippen molar-refractivity contribution in [1.82, 2.24) is 15.8 Å². The quantitative estimate of drug-likeness (QED) is 0.633. The van der Waals surface area contributed by atoms with Gasteiger partial charge in [0.2, 0.25) is 11.8 Å². The molecule has 0 radical (unpaired) electrons. The van der Waals surface area contributed by atoms with Gasteiger partial charge in [-0.05, 0) is 37.5 Å². The lowest BCUT2D eigenvalue weighted by Gasteiger charge is -2.56. The fraction of sp³-hybridized carbons (Fsp3) is 0.733. The molecule has 3 aliphatic carbocycles. The zero-order valence-electron chi connectivity index (χ0n) is 11.3. The second-order valence-electron chi connectivity index (χ2n) is 7.07. The number of rotatable bonds is 0. The molecule has 2 amide bonds. The molecule has 2 saturated heterocycles. The highest BCUT2D eigenvalue weighted by Gasteiger charge is 2.63. The summed E-state index contributed by atoms with van der Waals surface area (Å²) < 4.78 is 0. The molecule has 2 bridgehead atoms. The predicted octanol–water partition coefficient (Wildman–Crippen LogP) is 0.540. The summed E-state index contributed by atoms with van der Waals surface area (Å²) >= 11 is 0. The van der Waals surface area contributed by atoms with Crippen LogP contribution < -0.4 is 10.7 Å². The normalized spacial score (nSPS) is 51.8. The van der Waals surface area contributed by atoms with Gasteiger partial charge in [-0.15, -0.1) is 0 Å². The number of nitrogens with one attached hydrogen (secondary N) is 2. The molecule has 6 atom stereocenters. The second-order valence-corrected chi connectivity index (χ2v) is 7.07. The van der Waals surface area contributed by atoms with Crippen LogP contribution in [0.25, 0.3) is 0 Å². The van der Waals surface area contributed by atoms with E-state index in [1.807, 2.05) is 0 Å². The lowest BCUT2D eigenvalue weighted by atomic mass is 9.79. The van der Waals surface area contributed by atoms with E-state index < -0.39 is 0 Å². The highest BCUT2D eigenvalue weighted by molar-refractivity contribution is 5.88. The summed E-state index contributed by atoms with van der Waals surface area (Å²) in [5, 5.41) is 5.50. The summed E-state index contributed by atoms with van der Waals surface area (Å²) in [5.74, 6) is 1.32. The number of hydrazine groups is 1. The van der Waals surface area contributed by atoms with Gasteiger partial charge in [-0.1, -0.05) is 12.2 Å². The Balaban J connectivity index is 1.60. The molecule has 5 nitrogen and oxygen atoms in total. The van der Waals surface area contributed by atoms with Crippen LogP contribution in [-0.4, -0.2) is 28.5 Å². The summed E-state index contributed by atoms with van der Waals surface area (Å²) in [5.41, 5.74) is 2.56. The Morgan fingerprint density at radius 1 is 1.25 bits per heavy atom. The van der Waals surface area contributed by atoms with Crippen LogP contribution >= 0.6 is 0 Å². The van der Waals surface area contributed by atoms with E-state index in [9.17, 15) is 9.59 Å². The maximum atomic E-state index is 13.0. The van der Waals surface area contributed by atoms with Crippen LogP contribution in [0.5, 0.6) is 0 Å². The molecule has 5 aliphatic rings. The summed E-state index contributed by atoms with van der Waals surface area (Å²) in [6.07, 6.45) is 9.23. The van der Waals surface area contributed by atoms with E-state index in [2.05, 4.69) is 22.9 Å². The fourth-order valence-corrected chi connectivity index (χ4v) is 5.42. The molecule has 2 aliphatic heterocycles. The van der Waals surface area contributed by atoms with Gasteiger partial charge < -0.3 is 0 Å². The molecule has 0 unspecified atom stereocenters. The molecule has 0 aromatic rings. The number of hydrogen-bond donors (Lipinski definition) is 2. The van der Waals surface area contributed by atoms with Crippen molar-refractivity contribution in [1.29, 1.82) is 0 Å². The number of fused-ring (bicyclic) bond motifs is 5. The first-order valence-corrected chi connectivity index (χ1v) is 7.79. The fourth-order valence-electron chi connectivity index (χ4n) is 5.42. The van der Waals surface area contributed by atoms with E-state index in [4.69, 9.17) is 0 Å². The number of nitrogens with zero attached hydrogens (tertiary/aromatic N) is 1. The van der Waals surface area contributed by atoms with Gasteiger partial charge in [0.1, 0.15) is 5.66 Å². The van der Waals surface area contributed by atoms with Gasteiger partial charge >= 0.3 is 0 Å². The molecule has 4 fully saturated rings. The van der Waals surface area contributed by atoms with E-state index in [0.29, 0.717) is 18.3 Å². The van der Waals surface area contributed by atoms with Gasteiger partial charge in [-0.25, -0.2) is 5.01 Å². The van der Waals surface area contributed by atoms with Crippen molar-refractivity contribution in [3.05, 3.63) is 12.2 Å². The van der Waals surface area contributed by atoms with Crippen molar-refractivity contribution in [2.45, 2.75) is 43.8 Å². The van der Waals surface area contributed by atoms with E-state index in [1.165, 1.54) is 0 Å². The Morgan fingerprint density at radius 3 is 3.00 bits per heavy atom. The first-order valence-electron chi connectivity index (χ1n) is 7.79. The van der Waals surface area contributed by atoms with Crippen LogP contribution in [0.15, 0.2) is 12.2 Å². The van der Waals surface area contributed by atoms with Gasteiger partial charge in [-0.3, -0.25) is 20.3 Å². The zero-order valence-corrected chi connectivity index (χ0v) is 11.3. The number of carbonyl (C=O) groups is 2. The van der Waals surface area contributed by atoms with Crippen LogP contribution in [0.4, 0.5) is 0 Å². The highest BCUT2D eigenvalue weighted by Crippen LogP contribution is 2.52. The van der Waals surface area contributed by atoms with E-state index in [1.54, 1.807) is 5.01 Å². The lowest BCUT2D eigenvalue weighted by molar-refractivity contribution is -0.177. The molecule has 1 spiro atoms. The summed E-state index contributed by atoms with van der Waals surface area (Å²) in [7, 11) is 0. The maximum absolute atomic E-state index is 13.0. The third-order valence-electron chi connectivity index (χ3n) is 6.23. The van der Waals surface area contributed by atoms with Crippen LogP contribution in [0, 0.1) is 23.7 Å². The molecule has 2 N–H and O–H groups in total. The third-order valence-corrected chi connectivity index (χ3v) is 6.23. The topological polar surface area (TPSA) is 61.4 Å². The SMILES string of the molecule is O=C1C[C@H]2CCC[C@]23N[C@H]2[C@@H](C(=O)N3N1)[C@H]1C=C[C@@H]2C1. The monoisotopic (exact) mass is 273 g/mol. The Labute approximate surface area is 117 Å². The van der Waals surface area contributed by atoms with Crippen molar-refractivity contribution in [2.24, 2.45) is 23.7 Å². The average Bonchev–Trinajstić information content (AvgIpc) is 3.10. The van der Waals surface area contributed by atoms with Gasteiger partial charge in [-0.2, -0.15) is 0 Å². The van der Waals surface area contributed by atoms with Crippen LogP contribution in [0.3, 0.4) is 0 Å². The summed E-state index contributed by atoms with van der Waals surface area (Å²) in [6, 6.07) is 0.282. The van der Waals surface area contributed by atoms with Crippen LogP contribution in [0.1, 0.15) is 32.1 Å². The highest BCUT2D eigenvalue weighted by atomic mass is 16.2. The summed E-state index contributed by atoms with van der Waals surface area (Å²) in [4.78, 5) is 24.9. The Hall–Kier alpha value is -1.36. The number of amides is 2. The molecule has 20 heavy (non-hydrogen) atoms. The van der Waals surface area contributed by atoms with Crippen molar-refractivity contribution >= 4 is 11.8 Å². The minimum Gasteiger partial charge on any atom is -0.289 e. The zero-order chi connectivity index (χ0) is 13.5. The van der Waals surface area contributed by atoms with Gasteiger partial charge in [0.25, 0.3) is 0 Å². The predicted molar refractivity (Wildman–Crippen MR) is 70.8 cm³/mol. The number of carbonyl (C=O) groups excluding carboxylic acids is 2. The lowest BCUT2D eigenvalue weighted by Crippen LogP contribution is -2.78. The maximum Gasteiger partial charge on any atom is 0.248 e. The molecule has 106 valence electrons. The first kappa shape index (κ1) is 11.3. The minimum absolute atomic E-state index is 0.000163. The average molecular weight is 273 g/mol. The molecular weight excluding hydrogens is 254 g/mol. The number of hydrogen-bond acceptors (Lipinski definition) is 3. The van der Waals surface area contributed by atoms with E-state index in [-0.39, 0.29) is 35.4 Å². The van der Waals surface area contributed by atoms with Crippen LogP contribution in [0.2, 0.25) is 0 Å². The molecule has 2 saturated carbocycles. The Bertz CT molecular complexity index is 545. The van der Waals surface area contributed by atoms with E-state index >= 15 is 0 Å². The molecule has 0 aromatic carbocycles. The second kappa shape index (κ2) is 3.45. The largest absolute Gasteiger partial charge is 0.289 e. The van der Waals surface area contributed by atoms with Gasteiger partial charge in [0.15, 0.2) is 0 Å². The molecule has 5 heteroatoms. The molecule has 0 aromatic heterocycles. The third kappa shape index (κ3) is 1.14. The first-order chi connectivity index (χ1) is 9.69. The number of allylic oxidation sites excluding steroid dienone is 1. The van der Waals surface area contributed by atoms with Crippen molar-refractivity contribution < 1.29 is 9.59 Å². The van der Waals surface area contributed by atoms with Crippen molar-refractivity contribution in [2.75, 3.05) is 0 Å². The van der Waals surface area contributed by atoms with E-state index in [0.717, 1.165) is 25.7 Å². The standard InChI is InChI=1S/C15H19N3O2/c19-11-7-10-2-1-5-15(10)16-13-9-4-3-8(6-9)12(13)14(20)18(15)17-11/h3-4,8-10,12-13,16H,1-2,5-7H2,(H,17,19)/t8-,9+,10+,12-,13+,15+/m0/s1. The summed E-state index contributed by atoms with van der Waals surface area (Å²) in [6.45, 7) is 0.